The second kappa shape index (κ2) is 5.61. The van der Waals surface area contributed by atoms with Crippen molar-refractivity contribution in [2.45, 2.75) is 19.9 Å². The number of carboxylic acids is 1. The molecule has 0 radical (unpaired) electrons. The van der Waals surface area contributed by atoms with Crippen molar-refractivity contribution < 1.29 is 9.90 Å². The average molecular weight is 365 g/mol. The number of aromatic carboxylic acids is 1. The molecule has 0 saturated carbocycles. The lowest BCUT2D eigenvalue weighted by Gasteiger charge is -2.08. The molecule has 3 rings (SSSR count). The standard InChI is InChI=1S/C15H13BrN2O2S/c1-2-13-17-11-5-3-4-10(15(19)20)14(11)18(13)8-9-6-7-12(16)21-9/h3-7H,2,8H2,1H3,(H,19,20). The molecule has 0 amide bonds. The summed E-state index contributed by atoms with van der Waals surface area (Å²) in [6, 6.07) is 9.28. The first-order valence-electron chi connectivity index (χ1n) is 6.55. The summed E-state index contributed by atoms with van der Waals surface area (Å²) in [4.78, 5) is 17.2. The summed E-state index contributed by atoms with van der Waals surface area (Å²) in [6.07, 6.45) is 0.764. The number of carbonyl (C=O) groups is 1. The van der Waals surface area contributed by atoms with Crippen molar-refractivity contribution in [2.24, 2.45) is 0 Å². The van der Waals surface area contributed by atoms with Crippen LogP contribution in [0.5, 0.6) is 0 Å². The number of hydrogen-bond acceptors (Lipinski definition) is 3. The van der Waals surface area contributed by atoms with Crippen molar-refractivity contribution in [1.82, 2.24) is 9.55 Å². The molecule has 0 aliphatic heterocycles. The van der Waals surface area contributed by atoms with Gasteiger partial charge in [0.25, 0.3) is 0 Å². The molecule has 4 nitrogen and oxygen atoms in total. The number of benzene rings is 1. The van der Waals surface area contributed by atoms with Gasteiger partial charge >= 0.3 is 5.97 Å². The molecular weight excluding hydrogens is 352 g/mol. The number of fused-ring (bicyclic) bond motifs is 1. The molecule has 2 aromatic heterocycles. The number of hydrogen-bond donors (Lipinski definition) is 1. The van der Waals surface area contributed by atoms with Crippen molar-refractivity contribution >= 4 is 44.3 Å². The van der Waals surface area contributed by atoms with Crippen LogP contribution in [0.1, 0.15) is 28.0 Å². The van der Waals surface area contributed by atoms with Crippen molar-refractivity contribution in [1.29, 1.82) is 0 Å². The molecule has 1 aromatic carbocycles. The Kier molecular flexibility index (Phi) is 3.82. The van der Waals surface area contributed by atoms with Gasteiger partial charge in [0.05, 0.1) is 26.9 Å². The van der Waals surface area contributed by atoms with Crippen molar-refractivity contribution in [3.8, 4) is 0 Å². The second-order valence-corrected chi connectivity index (χ2v) is 7.20. The average Bonchev–Trinajstić information content (AvgIpc) is 3.03. The SMILES string of the molecule is CCc1nc2cccc(C(=O)O)c2n1Cc1ccc(Br)s1. The number of para-hydroxylation sites is 1. The fraction of sp³-hybridized carbons (Fsp3) is 0.200. The van der Waals surface area contributed by atoms with Gasteiger partial charge in [-0.15, -0.1) is 11.3 Å². The monoisotopic (exact) mass is 364 g/mol. The molecule has 0 bridgehead atoms. The minimum atomic E-state index is -0.920. The summed E-state index contributed by atoms with van der Waals surface area (Å²) in [6.45, 7) is 2.67. The molecule has 108 valence electrons. The fourth-order valence-electron chi connectivity index (χ4n) is 2.44. The van der Waals surface area contributed by atoms with E-state index in [9.17, 15) is 9.90 Å². The first-order chi connectivity index (χ1) is 10.1. The van der Waals surface area contributed by atoms with Crippen molar-refractivity contribution in [2.75, 3.05) is 0 Å². The summed E-state index contributed by atoms with van der Waals surface area (Å²) in [5.41, 5.74) is 1.74. The Balaban J connectivity index is 2.20. The van der Waals surface area contributed by atoms with Crippen molar-refractivity contribution in [3.63, 3.8) is 0 Å². The van der Waals surface area contributed by atoms with Crippen LogP contribution in [0.25, 0.3) is 11.0 Å². The van der Waals surface area contributed by atoms with Gasteiger partial charge < -0.3 is 9.67 Å². The molecule has 1 N–H and O–H groups in total. The van der Waals surface area contributed by atoms with Crippen LogP contribution in [0.15, 0.2) is 34.1 Å². The van der Waals surface area contributed by atoms with Gasteiger partial charge in [-0.3, -0.25) is 0 Å². The Labute approximate surface area is 134 Å². The smallest absolute Gasteiger partial charge is 0.337 e. The van der Waals surface area contributed by atoms with Gasteiger partial charge in [0.15, 0.2) is 0 Å². The molecule has 6 heteroatoms. The normalized spacial score (nSPS) is 11.1. The Morgan fingerprint density at radius 3 is 2.81 bits per heavy atom. The van der Waals surface area contributed by atoms with E-state index in [4.69, 9.17) is 0 Å². The highest BCUT2D eigenvalue weighted by atomic mass is 79.9. The Morgan fingerprint density at radius 2 is 2.19 bits per heavy atom. The highest BCUT2D eigenvalue weighted by Crippen LogP contribution is 2.27. The summed E-state index contributed by atoms with van der Waals surface area (Å²) in [5, 5.41) is 9.41. The lowest BCUT2D eigenvalue weighted by atomic mass is 10.2. The lowest BCUT2D eigenvalue weighted by Crippen LogP contribution is -2.07. The minimum Gasteiger partial charge on any atom is -0.478 e. The summed E-state index contributed by atoms with van der Waals surface area (Å²) in [7, 11) is 0. The predicted octanol–water partition coefficient (Wildman–Crippen LogP) is 4.17. The van der Waals surface area contributed by atoms with Gasteiger partial charge in [0.1, 0.15) is 5.82 Å². The number of carboxylic acid groups (broad SMARTS) is 1. The molecule has 0 fully saturated rings. The van der Waals surface area contributed by atoms with Gasteiger partial charge in [0.2, 0.25) is 0 Å². The molecule has 0 aliphatic rings. The minimum absolute atomic E-state index is 0.301. The third-order valence-corrected chi connectivity index (χ3v) is 4.94. The predicted molar refractivity (Wildman–Crippen MR) is 87.2 cm³/mol. The first kappa shape index (κ1) is 14.3. The van der Waals surface area contributed by atoms with Crippen LogP contribution in [-0.2, 0) is 13.0 Å². The van der Waals surface area contributed by atoms with Gasteiger partial charge in [-0.2, -0.15) is 0 Å². The Hall–Kier alpha value is -1.66. The zero-order valence-electron chi connectivity index (χ0n) is 11.3. The molecule has 0 saturated heterocycles. The van der Waals surface area contributed by atoms with Crippen LogP contribution < -0.4 is 0 Å². The number of thiophene rings is 1. The highest BCUT2D eigenvalue weighted by molar-refractivity contribution is 9.11. The van der Waals surface area contributed by atoms with Crippen molar-refractivity contribution in [3.05, 3.63) is 50.4 Å². The maximum absolute atomic E-state index is 11.5. The molecule has 0 unspecified atom stereocenters. The third-order valence-electron chi connectivity index (χ3n) is 3.34. The number of nitrogens with zero attached hydrogens (tertiary/aromatic N) is 2. The number of aryl methyl sites for hydroxylation is 1. The molecule has 0 atom stereocenters. The number of rotatable bonds is 4. The van der Waals surface area contributed by atoms with Crippen LogP contribution in [-0.4, -0.2) is 20.6 Å². The molecule has 2 heterocycles. The van der Waals surface area contributed by atoms with Gasteiger partial charge in [-0.05, 0) is 40.2 Å². The van der Waals surface area contributed by atoms with Gasteiger partial charge in [-0.25, -0.2) is 9.78 Å². The van der Waals surface area contributed by atoms with E-state index in [1.807, 2.05) is 29.7 Å². The van der Waals surface area contributed by atoms with Gasteiger partial charge in [0, 0.05) is 11.3 Å². The van der Waals surface area contributed by atoms with E-state index >= 15 is 0 Å². The number of halogens is 1. The van der Waals surface area contributed by atoms with E-state index in [0.29, 0.717) is 17.6 Å². The van der Waals surface area contributed by atoms with E-state index in [1.54, 1.807) is 23.5 Å². The quantitative estimate of drug-likeness (QED) is 0.755. The number of imidazole rings is 1. The lowest BCUT2D eigenvalue weighted by molar-refractivity contribution is 0.0698. The maximum atomic E-state index is 11.5. The number of aromatic nitrogens is 2. The van der Waals surface area contributed by atoms with Crippen LogP contribution in [0, 0.1) is 0 Å². The van der Waals surface area contributed by atoms with E-state index in [2.05, 4.69) is 20.9 Å². The second-order valence-electron chi connectivity index (χ2n) is 4.65. The molecular formula is C15H13BrN2O2S. The van der Waals surface area contributed by atoms with Crippen LogP contribution in [0.4, 0.5) is 0 Å². The van der Waals surface area contributed by atoms with Gasteiger partial charge in [-0.1, -0.05) is 13.0 Å². The first-order valence-corrected chi connectivity index (χ1v) is 8.16. The molecule has 0 aliphatic carbocycles. The largest absolute Gasteiger partial charge is 0.478 e. The van der Waals surface area contributed by atoms with Crippen LogP contribution in [0.3, 0.4) is 0 Å². The topological polar surface area (TPSA) is 55.1 Å². The Bertz CT molecular complexity index is 822. The summed E-state index contributed by atoms with van der Waals surface area (Å²) >= 11 is 5.11. The van der Waals surface area contributed by atoms with E-state index in [-0.39, 0.29) is 0 Å². The zero-order valence-corrected chi connectivity index (χ0v) is 13.7. The van der Waals surface area contributed by atoms with Crippen LogP contribution >= 0.6 is 27.3 Å². The zero-order chi connectivity index (χ0) is 15.0. The molecule has 3 aromatic rings. The molecule has 21 heavy (non-hydrogen) atoms. The van der Waals surface area contributed by atoms with E-state index in [1.165, 1.54) is 0 Å². The summed E-state index contributed by atoms with van der Waals surface area (Å²) < 4.78 is 3.08. The molecule has 0 spiro atoms. The Morgan fingerprint density at radius 1 is 1.38 bits per heavy atom. The third kappa shape index (κ3) is 2.61. The maximum Gasteiger partial charge on any atom is 0.337 e. The van der Waals surface area contributed by atoms with Crippen LogP contribution in [0.2, 0.25) is 0 Å². The fourth-order valence-corrected chi connectivity index (χ4v) is 3.91. The summed E-state index contributed by atoms with van der Waals surface area (Å²) in [5.74, 6) is -0.0139. The highest BCUT2D eigenvalue weighted by Gasteiger charge is 2.17. The van der Waals surface area contributed by atoms with E-state index < -0.39 is 5.97 Å². The van der Waals surface area contributed by atoms with E-state index in [0.717, 1.165) is 26.4 Å².